The van der Waals surface area contributed by atoms with Crippen molar-refractivity contribution in [1.82, 2.24) is 0 Å². The minimum atomic E-state index is -5.08. The molecule has 0 saturated heterocycles. The second kappa shape index (κ2) is 6.70. The van der Waals surface area contributed by atoms with Crippen LogP contribution in [0.15, 0.2) is 0 Å². The summed E-state index contributed by atoms with van der Waals surface area (Å²) in [7, 11) is 0. The van der Waals surface area contributed by atoms with Crippen molar-refractivity contribution >= 4 is 5.97 Å². The van der Waals surface area contributed by atoms with E-state index in [2.05, 4.69) is 0 Å². The molecule has 0 aromatic carbocycles. The van der Waals surface area contributed by atoms with Gasteiger partial charge in [-0.05, 0) is 12.8 Å². The second-order valence-electron chi connectivity index (χ2n) is 3.38. The van der Waals surface area contributed by atoms with Crippen LogP contribution in [-0.2, 0) is 9.53 Å². The molecule has 0 aromatic rings. The van der Waals surface area contributed by atoms with E-state index in [9.17, 15) is 22.0 Å². The Morgan fingerprint density at radius 1 is 1.41 bits per heavy atom. The molecule has 1 aliphatic rings. The van der Waals surface area contributed by atoms with E-state index >= 15 is 0 Å². The van der Waals surface area contributed by atoms with Crippen molar-refractivity contribution in [1.29, 1.82) is 0 Å². The first-order valence-electron chi connectivity index (χ1n) is 4.58. The molecule has 3 N–H and O–H groups in total. The lowest BCUT2D eigenvalue weighted by Crippen LogP contribution is -2.42. The number of carbonyl (C=O) groups is 1. The zero-order valence-corrected chi connectivity index (χ0v) is 8.58. The number of nitrogens with two attached hydrogens (primary N) is 1. The normalized spacial score (nSPS) is 23.7. The van der Waals surface area contributed by atoms with Gasteiger partial charge in [0.05, 0.1) is 6.10 Å². The third-order valence-electron chi connectivity index (χ3n) is 1.83. The van der Waals surface area contributed by atoms with Gasteiger partial charge in [-0.25, -0.2) is 13.6 Å². The fourth-order valence-corrected chi connectivity index (χ4v) is 0.951. The van der Waals surface area contributed by atoms with Crippen LogP contribution in [0, 0.1) is 0 Å². The standard InChI is InChI=1S/C6H11F2NO.C2HF3O2/c7-6(8)3-10-5-1-4(9)2-5;3-2(4,5)1(6)7/h4-6H,1-3,9H2;(H,6,7)/t4-,5+;. The SMILES string of the molecule is N[C@H]1C[C@@H](OCC(F)F)C1.O=C(O)C(F)(F)F. The van der Waals surface area contributed by atoms with E-state index in [1.54, 1.807) is 0 Å². The number of carboxylic acids is 1. The molecule has 0 radical (unpaired) electrons. The third-order valence-corrected chi connectivity index (χ3v) is 1.83. The van der Waals surface area contributed by atoms with Gasteiger partial charge in [0.1, 0.15) is 6.61 Å². The Bertz CT molecular complexity index is 240. The smallest absolute Gasteiger partial charge is 0.475 e. The van der Waals surface area contributed by atoms with E-state index < -0.39 is 25.2 Å². The van der Waals surface area contributed by atoms with Crippen LogP contribution in [-0.4, -0.2) is 42.4 Å². The minimum absolute atomic E-state index is 0.0102. The maximum Gasteiger partial charge on any atom is 0.490 e. The molecule has 0 bridgehead atoms. The topological polar surface area (TPSA) is 72.5 Å². The van der Waals surface area contributed by atoms with E-state index in [1.165, 1.54) is 0 Å². The summed E-state index contributed by atoms with van der Waals surface area (Å²) in [6.45, 7) is -0.447. The molecule has 17 heavy (non-hydrogen) atoms. The van der Waals surface area contributed by atoms with Gasteiger partial charge in [-0.2, -0.15) is 13.2 Å². The van der Waals surface area contributed by atoms with Crippen LogP contribution in [0.2, 0.25) is 0 Å². The lowest BCUT2D eigenvalue weighted by atomic mass is 9.90. The molecular formula is C8H12F5NO3. The summed E-state index contributed by atoms with van der Waals surface area (Å²) < 4.78 is 59.5. The maximum atomic E-state index is 11.5. The highest BCUT2D eigenvalue weighted by Gasteiger charge is 2.38. The zero-order valence-electron chi connectivity index (χ0n) is 8.58. The van der Waals surface area contributed by atoms with Crippen molar-refractivity contribution in [3.63, 3.8) is 0 Å². The summed E-state index contributed by atoms with van der Waals surface area (Å²) in [5.74, 6) is -2.76. The van der Waals surface area contributed by atoms with Gasteiger partial charge in [-0.3, -0.25) is 0 Å². The number of ether oxygens (including phenoxy) is 1. The Hall–Kier alpha value is -0.960. The monoisotopic (exact) mass is 265 g/mol. The molecule has 0 aromatic heterocycles. The van der Waals surface area contributed by atoms with Crippen LogP contribution in [0.5, 0.6) is 0 Å². The molecule has 1 aliphatic carbocycles. The Morgan fingerprint density at radius 2 is 1.82 bits per heavy atom. The molecule has 0 spiro atoms. The Balaban J connectivity index is 0.000000325. The van der Waals surface area contributed by atoms with Crippen molar-refractivity contribution in [2.75, 3.05) is 6.61 Å². The van der Waals surface area contributed by atoms with Crippen LogP contribution >= 0.6 is 0 Å². The van der Waals surface area contributed by atoms with Crippen molar-refractivity contribution in [3.8, 4) is 0 Å². The minimum Gasteiger partial charge on any atom is -0.475 e. The molecule has 1 rings (SSSR count). The number of hydrogen-bond acceptors (Lipinski definition) is 3. The summed E-state index contributed by atoms with van der Waals surface area (Å²) in [5.41, 5.74) is 5.41. The molecule has 0 atom stereocenters. The van der Waals surface area contributed by atoms with Gasteiger partial charge >= 0.3 is 12.1 Å². The highest BCUT2D eigenvalue weighted by atomic mass is 19.4. The fraction of sp³-hybridized carbons (Fsp3) is 0.875. The highest BCUT2D eigenvalue weighted by molar-refractivity contribution is 5.73. The fourth-order valence-electron chi connectivity index (χ4n) is 0.951. The summed E-state index contributed by atoms with van der Waals surface area (Å²) in [6.07, 6.45) is -5.99. The quantitative estimate of drug-likeness (QED) is 0.756. The molecule has 1 fully saturated rings. The van der Waals surface area contributed by atoms with Gasteiger partial charge < -0.3 is 15.6 Å². The largest absolute Gasteiger partial charge is 0.490 e. The zero-order chi connectivity index (χ0) is 13.6. The summed E-state index contributed by atoms with van der Waals surface area (Å²) in [4.78, 5) is 8.90. The summed E-state index contributed by atoms with van der Waals surface area (Å²) in [5, 5.41) is 7.12. The van der Waals surface area contributed by atoms with Gasteiger partial charge in [0.2, 0.25) is 0 Å². The first-order chi connectivity index (χ1) is 7.62. The molecular weight excluding hydrogens is 253 g/mol. The van der Waals surface area contributed by atoms with Crippen molar-refractivity contribution < 1.29 is 36.6 Å². The highest BCUT2D eigenvalue weighted by Crippen LogP contribution is 2.21. The number of hydrogen-bond donors (Lipinski definition) is 2. The van der Waals surface area contributed by atoms with Crippen LogP contribution in [0.3, 0.4) is 0 Å². The van der Waals surface area contributed by atoms with Crippen LogP contribution < -0.4 is 5.73 Å². The lowest BCUT2D eigenvalue weighted by molar-refractivity contribution is -0.192. The first kappa shape index (κ1) is 16.0. The average Bonchev–Trinajstić information content (AvgIpc) is 2.09. The third kappa shape index (κ3) is 7.86. The summed E-state index contributed by atoms with van der Waals surface area (Å²) >= 11 is 0. The van der Waals surface area contributed by atoms with Gasteiger partial charge in [0.15, 0.2) is 0 Å². The van der Waals surface area contributed by atoms with Crippen LogP contribution in [0.25, 0.3) is 0 Å². The maximum absolute atomic E-state index is 11.5. The van der Waals surface area contributed by atoms with Gasteiger partial charge in [-0.1, -0.05) is 0 Å². The molecule has 0 unspecified atom stereocenters. The second-order valence-corrected chi connectivity index (χ2v) is 3.38. The molecule has 0 heterocycles. The number of carboxylic acid groups (broad SMARTS) is 1. The van der Waals surface area contributed by atoms with Crippen LogP contribution in [0.4, 0.5) is 22.0 Å². The van der Waals surface area contributed by atoms with Crippen molar-refractivity contribution in [2.24, 2.45) is 5.73 Å². The lowest BCUT2D eigenvalue weighted by Gasteiger charge is -2.31. The number of alkyl halides is 5. The van der Waals surface area contributed by atoms with Gasteiger partial charge in [0, 0.05) is 6.04 Å². The molecule has 0 amide bonds. The van der Waals surface area contributed by atoms with E-state index in [-0.39, 0.29) is 12.1 Å². The predicted molar refractivity (Wildman–Crippen MR) is 46.6 cm³/mol. The number of halogens is 5. The summed E-state index contributed by atoms with van der Waals surface area (Å²) in [6, 6.07) is 0.169. The van der Waals surface area contributed by atoms with E-state index in [0.29, 0.717) is 0 Å². The first-order valence-corrected chi connectivity index (χ1v) is 4.58. The Morgan fingerprint density at radius 3 is 2.06 bits per heavy atom. The molecule has 9 heteroatoms. The van der Waals surface area contributed by atoms with E-state index in [1.807, 2.05) is 0 Å². The molecule has 4 nitrogen and oxygen atoms in total. The van der Waals surface area contributed by atoms with Crippen molar-refractivity contribution in [2.45, 2.75) is 37.6 Å². The Labute approximate surface area is 93.5 Å². The van der Waals surface area contributed by atoms with Crippen molar-refractivity contribution in [3.05, 3.63) is 0 Å². The molecule has 1 saturated carbocycles. The van der Waals surface area contributed by atoms with Crippen LogP contribution in [0.1, 0.15) is 12.8 Å². The average molecular weight is 265 g/mol. The molecule has 102 valence electrons. The molecule has 0 aliphatic heterocycles. The number of aliphatic carboxylic acids is 1. The van der Waals surface area contributed by atoms with Gasteiger partial charge in [-0.15, -0.1) is 0 Å². The Kier molecular flexibility index (Phi) is 6.32. The van der Waals surface area contributed by atoms with E-state index in [4.69, 9.17) is 20.4 Å². The predicted octanol–water partition coefficient (Wildman–Crippen LogP) is 1.39. The number of rotatable bonds is 3. The van der Waals surface area contributed by atoms with Gasteiger partial charge in [0.25, 0.3) is 6.43 Å². The van der Waals surface area contributed by atoms with E-state index in [0.717, 1.165) is 12.8 Å².